The fraction of sp³-hybridized carbons (Fsp3) is 0.300. The third kappa shape index (κ3) is 4.42. The summed E-state index contributed by atoms with van der Waals surface area (Å²) < 4.78 is 7.88. The average Bonchev–Trinajstić information content (AvgIpc) is 3.01. The lowest BCUT2D eigenvalue weighted by atomic mass is 10.1. The molecule has 0 atom stereocenters. The van der Waals surface area contributed by atoms with Gasteiger partial charge in [-0.05, 0) is 50.1 Å². The normalized spacial score (nSPS) is 10.8. The smallest absolute Gasteiger partial charge is 0.195 e. The van der Waals surface area contributed by atoms with Crippen LogP contribution in [0.3, 0.4) is 0 Å². The highest BCUT2D eigenvalue weighted by Crippen LogP contribution is 2.22. The van der Waals surface area contributed by atoms with Crippen molar-refractivity contribution in [1.29, 1.82) is 0 Å². The lowest BCUT2D eigenvalue weighted by Gasteiger charge is -2.10. The van der Waals surface area contributed by atoms with Gasteiger partial charge in [0, 0.05) is 11.4 Å². The van der Waals surface area contributed by atoms with Gasteiger partial charge in [0.05, 0.1) is 6.61 Å². The minimum absolute atomic E-state index is 0.633. The van der Waals surface area contributed by atoms with E-state index in [-0.39, 0.29) is 0 Å². The first-order valence-corrected chi connectivity index (χ1v) is 9.49. The number of hydrogen-bond acceptors (Lipinski definition) is 4. The Morgan fingerprint density at radius 2 is 1.68 bits per heavy atom. The molecule has 3 aromatic rings. The predicted molar refractivity (Wildman–Crippen MR) is 103 cm³/mol. The van der Waals surface area contributed by atoms with Crippen LogP contribution in [0.5, 0.6) is 5.75 Å². The summed E-state index contributed by atoms with van der Waals surface area (Å²) in [4.78, 5) is 0. The molecule has 1 heterocycles. The van der Waals surface area contributed by atoms with E-state index in [1.54, 1.807) is 11.8 Å². The minimum atomic E-state index is 0.633. The number of benzene rings is 2. The molecule has 0 aliphatic rings. The van der Waals surface area contributed by atoms with Crippen molar-refractivity contribution in [2.75, 3.05) is 12.4 Å². The summed E-state index contributed by atoms with van der Waals surface area (Å²) in [5, 5.41) is 9.44. The van der Waals surface area contributed by atoms with E-state index in [9.17, 15) is 0 Å². The molecule has 0 N–H and O–H groups in total. The third-order valence-electron chi connectivity index (χ3n) is 4.00. The summed E-state index contributed by atoms with van der Waals surface area (Å²) in [5.74, 6) is 2.61. The quantitative estimate of drug-likeness (QED) is 0.459. The fourth-order valence-electron chi connectivity index (χ4n) is 2.54. The first-order valence-electron chi connectivity index (χ1n) is 8.51. The summed E-state index contributed by atoms with van der Waals surface area (Å²) in [6, 6.07) is 16.7. The van der Waals surface area contributed by atoms with E-state index >= 15 is 0 Å². The maximum Gasteiger partial charge on any atom is 0.195 e. The zero-order valence-electron chi connectivity index (χ0n) is 14.9. The molecule has 4 nitrogen and oxygen atoms in total. The molecule has 25 heavy (non-hydrogen) atoms. The van der Waals surface area contributed by atoms with E-state index in [0.717, 1.165) is 34.6 Å². The number of hydrogen-bond donors (Lipinski definition) is 0. The van der Waals surface area contributed by atoms with Gasteiger partial charge in [0.2, 0.25) is 0 Å². The average molecular weight is 353 g/mol. The first kappa shape index (κ1) is 17.5. The molecular formula is C20H23N3OS. The predicted octanol–water partition coefficient (Wildman–Crippen LogP) is 4.62. The highest BCUT2D eigenvalue weighted by Gasteiger charge is 2.11. The molecule has 0 aliphatic heterocycles. The minimum Gasteiger partial charge on any atom is -0.493 e. The Morgan fingerprint density at radius 3 is 2.36 bits per heavy atom. The lowest BCUT2D eigenvalue weighted by Crippen LogP contribution is -2.03. The Hall–Kier alpha value is -2.27. The molecule has 130 valence electrons. The van der Waals surface area contributed by atoms with E-state index in [0.29, 0.717) is 6.61 Å². The number of nitrogens with zero attached hydrogens (tertiary/aromatic N) is 3. The monoisotopic (exact) mass is 353 g/mol. The van der Waals surface area contributed by atoms with Crippen molar-refractivity contribution in [3.05, 3.63) is 65.5 Å². The van der Waals surface area contributed by atoms with Crippen LogP contribution < -0.4 is 4.74 Å². The van der Waals surface area contributed by atoms with Gasteiger partial charge in [0.1, 0.15) is 11.6 Å². The third-order valence-corrected chi connectivity index (χ3v) is 4.90. The van der Waals surface area contributed by atoms with Crippen molar-refractivity contribution >= 4 is 11.8 Å². The van der Waals surface area contributed by atoms with Gasteiger partial charge in [0.15, 0.2) is 5.16 Å². The van der Waals surface area contributed by atoms with Crippen molar-refractivity contribution in [3.8, 4) is 11.4 Å². The second-order valence-corrected chi connectivity index (χ2v) is 6.96. The van der Waals surface area contributed by atoms with Crippen LogP contribution >= 0.6 is 11.8 Å². The van der Waals surface area contributed by atoms with Crippen molar-refractivity contribution in [2.24, 2.45) is 0 Å². The van der Waals surface area contributed by atoms with E-state index in [1.807, 2.05) is 19.1 Å². The standard InChI is InChI=1S/C20H23N3OS/c1-4-17-7-9-18(10-8-17)23-16(3)21-22-20(23)25-14-13-24-19-11-5-15(2)6-12-19/h5-12H,4,13-14H2,1-3H3. The molecule has 0 unspecified atom stereocenters. The SMILES string of the molecule is CCc1ccc(-n2c(C)nnc2SCCOc2ccc(C)cc2)cc1. The number of aromatic nitrogens is 3. The molecule has 1 aromatic heterocycles. The molecule has 5 heteroatoms. The molecule has 0 fully saturated rings. The Morgan fingerprint density at radius 1 is 0.960 bits per heavy atom. The molecule has 0 radical (unpaired) electrons. The van der Waals surface area contributed by atoms with Gasteiger partial charge in [-0.3, -0.25) is 4.57 Å². The number of aryl methyl sites for hydroxylation is 3. The van der Waals surface area contributed by atoms with Gasteiger partial charge in [-0.1, -0.05) is 48.5 Å². The van der Waals surface area contributed by atoms with Crippen molar-refractivity contribution < 1.29 is 4.74 Å². The maximum atomic E-state index is 5.79. The Balaban J connectivity index is 1.62. The van der Waals surface area contributed by atoms with Gasteiger partial charge < -0.3 is 4.74 Å². The van der Waals surface area contributed by atoms with Crippen molar-refractivity contribution in [1.82, 2.24) is 14.8 Å². The first-order chi connectivity index (χ1) is 12.2. The zero-order chi connectivity index (χ0) is 17.6. The topological polar surface area (TPSA) is 39.9 Å². The van der Waals surface area contributed by atoms with Crippen LogP contribution in [0.1, 0.15) is 23.9 Å². The van der Waals surface area contributed by atoms with E-state index < -0.39 is 0 Å². The number of ether oxygens (including phenoxy) is 1. The molecule has 2 aromatic carbocycles. The summed E-state index contributed by atoms with van der Waals surface area (Å²) in [5.41, 5.74) is 3.66. The molecule has 0 amide bonds. The summed E-state index contributed by atoms with van der Waals surface area (Å²) in [6.07, 6.45) is 1.04. The zero-order valence-corrected chi connectivity index (χ0v) is 15.7. The second-order valence-electron chi connectivity index (χ2n) is 5.90. The van der Waals surface area contributed by atoms with Crippen LogP contribution in [0.25, 0.3) is 5.69 Å². The van der Waals surface area contributed by atoms with Gasteiger partial charge in [-0.25, -0.2) is 0 Å². The summed E-state index contributed by atoms with van der Waals surface area (Å²) in [6.45, 7) is 6.85. The van der Waals surface area contributed by atoms with Crippen LogP contribution in [-0.2, 0) is 6.42 Å². The second kappa shape index (κ2) is 8.21. The molecular weight excluding hydrogens is 330 g/mol. The molecule has 3 rings (SSSR count). The highest BCUT2D eigenvalue weighted by atomic mass is 32.2. The molecule has 0 saturated heterocycles. The lowest BCUT2D eigenvalue weighted by molar-refractivity contribution is 0.344. The van der Waals surface area contributed by atoms with Gasteiger partial charge in [-0.15, -0.1) is 10.2 Å². The van der Waals surface area contributed by atoms with E-state index in [2.05, 4.69) is 65.0 Å². The summed E-state index contributed by atoms with van der Waals surface area (Å²) in [7, 11) is 0. The van der Waals surface area contributed by atoms with Crippen molar-refractivity contribution in [3.63, 3.8) is 0 Å². The van der Waals surface area contributed by atoms with Crippen LogP contribution in [0.15, 0.2) is 53.7 Å². The van der Waals surface area contributed by atoms with Crippen LogP contribution in [0, 0.1) is 13.8 Å². The molecule has 0 saturated carbocycles. The van der Waals surface area contributed by atoms with Crippen LogP contribution in [-0.4, -0.2) is 27.1 Å². The Bertz CT molecular complexity index is 810. The largest absolute Gasteiger partial charge is 0.493 e. The van der Waals surface area contributed by atoms with Gasteiger partial charge >= 0.3 is 0 Å². The van der Waals surface area contributed by atoms with Gasteiger partial charge in [0.25, 0.3) is 0 Å². The maximum absolute atomic E-state index is 5.79. The summed E-state index contributed by atoms with van der Waals surface area (Å²) >= 11 is 1.66. The van der Waals surface area contributed by atoms with E-state index in [4.69, 9.17) is 4.74 Å². The van der Waals surface area contributed by atoms with E-state index in [1.165, 1.54) is 11.1 Å². The molecule has 0 bridgehead atoms. The highest BCUT2D eigenvalue weighted by molar-refractivity contribution is 7.99. The van der Waals surface area contributed by atoms with Crippen LogP contribution in [0.4, 0.5) is 0 Å². The van der Waals surface area contributed by atoms with Crippen LogP contribution in [0.2, 0.25) is 0 Å². The number of rotatable bonds is 7. The molecule has 0 spiro atoms. The fourth-order valence-corrected chi connectivity index (χ4v) is 3.36. The van der Waals surface area contributed by atoms with Crippen molar-refractivity contribution in [2.45, 2.75) is 32.3 Å². The Kier molecular flexibility index (Phi) is 5.76. The Labute approximate surface area is 153 Å². The van der Waals surface area contributed by atoms with Gasteiger partial charge in [-0.2, -0.15) is 0 Å². The molecule has 0 aliphatic carbocycles. The number of thioether (sulfide) groups is 1.